The van der Waals surface area contributed by atoms with Gasteiger partial charge in [0.2, 0.25) is 0 Å². The van der Waals surface area contributed by atoms with E-state index in [1.54, 1.807) is 12.1 Å². The third-order valence-electron chi connectivity index (χ3n) is 3.58. The van der Waals surface area contributed by atoms with Gasteiger partial charge in [-0.15, -0.1) is 0 Å². The summed E-state index contributed by atoms with van der Waals surface area (Å²) in [6.07, 6.45) is 0. The fourth-order valence-electron chi connectivity index (χ4n) is 2.36. The summed E-state index contributed by atoms with van der Waals surface area (Å²) in [5, 5.41) is 1.17. The summed E-state index contributed by atoms with van der Waals surface area (Å²) in [5.41, 5.74) is 5.23. The molecular weight excluding hydrogens is 237 g/mol. The average molecular weight is 251 g/mol. The van der Waals surface area contributed by atoms with Crippen LogP contribution in [-0.2, 0) is 0 Å². The van der Waals surface area contributed by atoms with Gasteiger partial charge in [0.05, 0.1) is 11.2 Å². The van der Waals surface area contributed by atoms with Gasteiger partial charge in [-0.3, -0.25) is 0 Å². The molecule has 94 valence electrons. The molecule has 0 aliphatic carbocycles. The zero-order chi connectivity index (χ0) is 13.4. The average Bonchev–Trinajstić information content (AvgIpc) is 2.44. The Bertz CT molecular complexity index is 745. The lowest BCUT2D eigenvalue weighted by atomic mass is 9.99. The standard InChI is InChI=1S/C17H14FN/c1-11-12(2)17(13-7-9-14(18)10-8-13)19-16-6-4-3-5-15(11)16/h3-10H,1-2H3. The molecule has 0 aliphatic heterocycles. The predicted octanol–water partition coefficient (Wildman–Crippen LogP) is 4.66. The van der Waals surface area contributed by atoms with E-state index < -0.39 is 0 Å². The van der Waals surface area contributed by atoms with Crippen LogP contribution in [0.3, 0.4) is 0 Å². The van der Waals surface area contributed by atoms with Gasteiger partial charge < -0.3 is 0 Å². The maximum absolute atomic E-state index is 13.0. The summed E-state index contributed by atoms with van der Waals surface area (Å²) in [6.45, 7) is 4.17. The first-order valence-corrected chi connectivity index (χ1v) is 6.28. The molecular formula is C17H14FN. The fraction of sp³-hybridized carbons (Fsp3) is 0.118. The molecule has 0 saturated carbocycles. The van der Waals surface area contributed by atoms with Crippen LogP contribution in [0.15, 0.2) is 48.5 Å². The smallest absolute Gasteiger partial charge is 0.123 e. The SMILES string of the molecule is Cc1c(-c2ccc(F)cc2)nc2ccccc2c1C. The van der Waals surface area contributed by atoms with Crippen molar-refractivity contribution in [2.24, 2.45) is 0 Å². The second-order valence-corrected chi connectivity index (χ2v) is 4.73. The van der Waals surface area contributed by atoms with E-state index in [0.717, 1.165) is 22.3 Å². The van der Waals surface area contributed by atoms with Crippen molar-refractivity contribution in [1.29, 1.82) is 0 Å². The van der Waals surface area contributed by atoms with E-state index in [9.17, 15) is 4.39 Å². The largest absolute Gasteiger partial charge is 0.247 e. The highest BCUT2D eigenvalue weighted by Crippen LogP contribution is 2.28. The summed E-state index contributed by atoms with van der Waals surface area (Å²) < 4.78 is 13.0. The van der Waals surface area contributed by atoms with Crippen LogP contribution in [0.1, 0.15) is 11.1 Å². The molecule has 0 amide bonds. The van der Waals surface area contributed by atoms with Crippen molar-refractivity contribution in [3.8, 4) is 11.3 Å². The van der Waals surface area contributed by atoms with E-state index in [0.29, 0.717) is 0 Å². The van der Waals surface area contributed by atoms with Crippen LogP contribution in [0.2, 0.25) is 0 Å². The quantitative estimate of drug-likeness (QED) is 0.613. The van der Waals surface area contributed by atoms with Gasteiger partial charge in [0.15, 0.2) is 0 Å². The Hall–Kier alpha value is -2.22. The summed E-state index contributed by atoms with van der Waals surface area (Å²) in [5.74, 6) is -0.223. The lowest BCUT2D eigenvalue weighted by Gasteiger charge is -2.11. The lowest BCUT2D eigenvalue weighted by molar-refractivity contribution is 0.628. The highest BCUT2D eigenvalue weighted by molar-refractivity contribution is 5.86. The van der Waals surface area contributed by atoms with Gasteiger partial charge in [-0.2, -0.15) is 0 Å². The Kier molecular flexibility index (Phi) is 2.79. The molecule has 0 fully saturated rings. The Morgan fingerprint density at radius 1 is 0.842 bits per heavy atom. The summed E-state index contributed by atoms with van der Waals surface area (Å²) in [4.78, 5) is 4.71. The van der Waals surface area contributed by atoms with E-state index in [-0.39, 0.29) is 5.82 Å². The molecule has 0 bridgehead atoms. The van der Waals surface area contributed by atoms with E-state index in [1.165, 1.54) is 23.1 Å². The Morgan fingerprint density at radius 2 is 1.53 bits per heavy atom. The molecule has 0 saturated heterocycles. The number of rotatable bonds is 1. The van der Waals surface area contributed by atoms with Gasteiger partial charge in [-0.05, 0) is 55.3 Å². The van der Waals surface area contributed by atoms with Gasteiger partial charge in [-0.1, -0.05) is 18.2 Å². The number of halogens is 1. The highest BCUT2D eigenvalue weighted by atomic mass is 19.1. The molecule has 1 nitrogen and oxygen atoms in total. The molecule has 0 atom stereocenters. The van der Waals surface area contributed by atoms with Crippen LogP contribution >= 0.6 is 0 Å². The summed E-state index contributed by atoms with van der Waals surface area (Å²) in [6, 6.07) is 14.6. The van der Waals surface area contributed by atoms with Crippen molar-refractivity contribution in [3.63, 3.8) is 0 Å². The van der Waals surface area contributed by atoms with E-state index in [2.05, 4.69) is 19.9 Å². The molecule has 2 aromatic carbocycles. The number of hydrogen-bond donors (Lipinski definition) is 0. The number of fused-ring (bicyclic) bond motifs is 1. The van der Waals surface area contributed by atoms with Crippen LogP contribution < -0.4 is 0 Å². The maximum atomic E-state index is 13.0. The van der Waals surface area contributed by atoms with Crippen LogP contribution in [0.25, 0.3) is 22.2 Å². The van der Waals surface area contributed by atoms with Gasteiger partial charge in [0.1, 0.15) is 5.82 Å². The van der Waals surface area contributed by atoms with Gasteiger partial charge in [0, 0.05) is 10.9 Å². The number of hydrogen-bond acceptors (Lipinski definition) is 1. The van der Waals surface area contributed by atoms with Crippen molar-refractivity contribution in [1.82, 2.24) is 4.98 Å². The molecule has 1 heterocycles. The molecule has 3 aromatic rings. The third-order valence-corrected chi connectivity index (χ3v) is 3.58. The number of aryl methyl sites for hydroxylation is 1. The molecule has 2 heteroatoms. The second-order valence-electron chi connectivity index (χ2n) is 4.73. The van der Waals surface area contributed by atoms with Gasteiger partial charge in [-0.25, -0.2) is 9.37 Å². The van der Waals surface area contributed by atoms with E-state index in [4.69, 9.17) is 4.98 Å². The van der Waals surface area contributed by atoms with Gasteiger partial charge >= 0.3 is 0 Å². The second kappa shape index (κ2) is 4.47. The Labute approximate surface area is 111 Å². The molecule has 1 aromatic heterocycles. The predicted molar refractivity (Wildman–Crippen MR) is 76.6 cm³/mol. The highest BCUT2D eigenvalue weighted by Gasteiger charge is 2.10. The van der Waals surface area contributed by atoms with Crippen LogP contribution in [0, 0.1) is 19.7 Å². The number of pyridine rings is 1. The minimum absolute atomic E-state index is 0.223. The zero-order valence-corrected chi connectivity index (χ0v) is 10.9. The van der Waals surface area contributed by atoms with Crippen molar-refractivity contribution >= 4 is 10.9 Å². The molecule has 0 radical (unpaired) electrons. The Morgan fingerprint density at radius 3 is 2.26 bits per heavy atom. The first kappa shape index (κ1) is 11.8. The number of nitrogens with zero attached hydrogens (tertiary/aromatic N) is 1. The molecule has 19 heavy (non-hydrogen) atoms. The van der Waals surface area contributed by atoms with E-state index in [1.807, 2.05) is 18.2 Å². The van der Waals surface area contributed by atoms with Gasteiger partial charge in [0.25, 0.3) is 0 Å². The molecule has 0 aliphatic rings. The number of para-hydroxylation sites is 1. The lowest BCUT2D eigenvalue weighted by Crippen LogP contribution is -1.94. The first-order chi connectivity index (χ1) is 9.16. The zero-order valence-electron chi connectivity index (χ0n) is 10.9. The molecule has 0 N–H and O–H groups in total. The number of aromatic nitrogens is 1. The minimum atomic E-state index is -0.223. The molecule has 0 unspecified atom stereocenters. The third kappa shape index (κ3) is 1.99. The van der Waals surface area contributed by atoms with Crippen LogP contribution in [0.4, 0.5) is 4.39 Å². The topological polar surface area (TPSA) is 12.9 Å². The number of benzene rings is 2. The fourth-order valence-corrected chi connectivity index (χ4v) is 2.36. The molecule has 3 rings (SSSR count). The van der Waals surface area contributed by atoms with Crippen molar-refractivity contribution in [3.05, 3.63) is 65.5 Å². The van der Waals surface area contributed by atoms with Crippen LogP contribution in [-0.4, -0.2) is 4.98 Å². The monoisotopic (exact) mass is 251 g/mol. The molecule has 0 spiro atoms. The van der Waals surface area contributed by atoms with Crippen molar-refractivity contribution in [2.75, 3.05) is 0 Å². The van der Waals surface area contributed by atoms with Crippen molar-refractivity contribution < 1.29 is 4.39 Å². The van der Waals surface area contributed by atoms with E-state index >= 15 is 0 Å². The first-order valence-electron chi connectivity index (χ1n) is 6.28. The summed E-state index contributed by atoms with van der Waals surface area (Å²) in [7, 11) is 0. The summed E-state index contributed by atoms with van der Waals surface area (Å²) >= 11 is 0. The minimum Gasteiger partial charge on any atom is -0.247 e. The van der Waals surface area contributed by atoms with Crippen molar-refractivity contribution in [2.45, 2.75) is 13.8 Å². The Balaban J connectivity index is 2.29. The normalized spacial score (nSPS) is 10.9. The van der Waals surface area contributed by atoms with Crippen LogP contribution in [0.5, 0.6) is 0 Å². The maximum Gasteiger partial charge on any atom is 0.123 e.